The molecule has 0 aromatic rings. The summed E-state index contributed by atoms with van der Waals surface area (Å²) in [7, 11) is 0. The van der Waals surface area contributed by atoms with Crippen molar-refractivity contribution in [2.75, 3.05) is 0 Å². The molecular weight excluding hydrogens is 132 g/mol. The van der Waals surface area contributed by atoms with E-state index >= 15 is 0 Å². The Morgan fingerprint density at radius 1 is 1.56 bits per heavy atom. The van der Waals surface area contributed by atoms with Crippen LogP contribution in [0, 0.1) is 0 Å². The number of allylic oxidation sites excluding steroid dienone is 2. The lowest BCUT2D eigenvalue weighted by molar-refractivity contribution is -0.108. The van der Waals surface area contributed by atoms with Crippen molar-refractivity contribution in [3.05, 3.63) is 24.3 Å². The summed E-state index contributed by atoms with van der Waals surface area (Å²) in [4.78, 5) is 10.4. The number of carbonyl (C=O) groups is 1. The largest absolute Gasteiger partial charge is 0.301 e. The third kappa shape index (κ3) is 0.597. The lowest BCUT2D eigenvalue weighted by Crippen LogP contribution is -2.12. The molecule has 1 fully saturated rings. The van der Waals surface area contributed by atoms with Gasteiger partial charge in [0, 0.05) is 5.25 Å². The highest BCUT2D eigenvalue weighted by Gasteiger charge is 2.52. The standard InChI is InChI=1S/C7H6OS/c8-5-7-4-2-1-3-6(7)9-7/h1-6H. The molecule has 9 heavy (non-hydrogen) atoms. The molecule has 2 atom stereocenters. The lowest BCUT2D eigenvalue weighted by atomic mass is 10.0. The van der Waals surface area contributed by atoms with E-state index in [4.69, 9.17) is 0 Å². The molecule has 1 aliphatic heterocycles. The summed E-state index contributed by atoms with van der Waals surface area (Å²) in [5.74, 6) is 0. The van der Waals surface area contributed by atoms with Crippen molar-refractivity contribution in [3.63, 3.8) is 0 Å². The van der Waals surface area contributed by atoms with Crippen LogP contribution in [-0.4, -0.2) is 16.3 Å². The Balaban J connectivity index is 2.32. The van der Waals surface area contributed by atoms with Gasteiger partial charge in [0.25, 0.3) is 0 Å². The van der Waals surface area contributed by atoms with Gasteiger partial charge in [-0.2, -0.15) is 0 Å². The molecule has 0 bridgehead atoms. The highest BCUT2D eigenvalue weighted by Crippen LogP contribution is 2.55. The highest BCUT2D eigenvalue weighted by molar-refractivity contribution is 8.10. The van der Waals surface area contributed by atoms with Crippen molar-refractivity contribution >= 4 is 18.0 Å². The van der Waals surface area contributed by atoms with E-state index in [1.165, 1.54) is 0 Å². The third-order valence-electron chi connectivity index (χ3n) is 1.66. The molecule has 0 radical (unpaired) electrons. The molecule has 1 aliphatic carbocycles. The molecule has 2 aliphatic rings. The van der Waals surface area contributed by atoms with Crippen LogP contribution in [0.5, 0.6) is 0 Å². The Hall–Kier alpha value is -0.500. The van der Waals surface area contributed by atoms with E-state index in [-0.39, 0.29) is 4.75 Å². The molecule has 0 aromatic carbocycles. The van der Waals surface area contributed by atoms with Gasteiger partial charge in [-0.3, -0.25) is 0 Å². The quantitative estimate of drug-likeness (QED) is 0.399. The SMILES string of the molecule is O=CC12C=CC=CC1S2. The summed E-state index contributed by atoms with van der Waals surface area (Å²) < 4.78 is -0.144. The Morgan fingerprint density at radius 3 is 3.00 bits per heavy atom. The predicted octanol–water partition coefficient (Wildman–Crippen LogP) is 1.17. The monoisotopic (exact) mass is 138 g/mol. The first kappa shape index (κ1) is 5.30. The molecule has 0 amide bonds. The van der Waals surface area contributed by atoms with E-state index in [1.807, 2.05) is 18.2 Å². The summed E-state index contributed by atoms with van der Waals surface area (Å²) >= 11 is 1.70. The third-order valence-corrected chi connectivity index (χ3v) is 3.10. The van der Waals surface area contributed by atoms with E-state index in [9.17, 15) is 4.79 Å². The van der Waals surface area contributed by atoms with E-state index < -0.39 is 0 Å². The van der Waals surface area contributed by atoms with E-state index in [0.717, 1.165) is 6.29 Å². The minimum Gasteiger partial charge on any atom is -0.301 e. The average molecular weight is 138 g/mol. The molecule has 0 N–H and O–H groups in total. The van der Waals surface area contributed by atoms with Gasteiger partial charge < -0.3 is 4.79 Å². The Bertz CT molecular complexity index is 207. The van der Waals surface area contributed by atoms with Crippen LogP contribution in [0.4, 0.5) is 0 Å². The summed E-state index contributed by atoms with van der Waals surface area (Å²) in [5.41, 5.74) is 0. The topological polar surface area (TPSA) is 17.1 Å². The smallest absolute Gasteiger partial charge is 0.141 e. The zero-order chi connectivity index (χ0) is 6.32. The van der Waals surface area contributed by atoms with Crippen molar-refractivity contribution < 1.29 is 4.79 Å². The summed E-state index contributed by atoms with van der Waals surface area (Å²) in [6, 6.07) is 0. The van der Waals surface area contributed by atoms with Crippen molar-refractivity contribution in [2.45, 2.75) is 10.00 Å². The van der Waals surface area contributed by atoms with Gasteiger partial charge in [0.1, 0.15) is 11.0 Å². The molecular formula is C7H6OS. The number of carbonyl (C=O) groups excluding carboxylic acids is 1. The van der Waals surface area contributed by atoms with Crippen LogP contribution in [0.25, 0.3) is 0 Å². The van der Waals surface area contributed by atoms with Crippen molar-refractivity contribution in [2.24, 2.45) is 0 Å². The molecule has 2 heteroatoms. The Kier molecular flexibility index (Phi) is 0.887. The first-order valence-electron chi connectivity index (χ1n) is 2.87. The Labute approximate surface area is 57.8 Å². The second kappa shape index (κ2) is 1.51. The fraction of sp³-hybridized carbons (Fsp3) is 0.286. The molecule has 1 saturated heterocycles. The van der Waals surface area contributed by atoms with Crippen LogP contribution in [-0.2, 0) is 4.79 Å². The van der Waals surface area contributed by atoms with Gasteiger partial charge in [0.2, 0.25) is 0 Å². The normalized spacial score (nSPS) is 44.2. The van der Waals surface area contributed by atoms with E-state index in [1.54, 1.807) is 11.8 Å². The first-order valence-corrected chi connectivity index (χ1v) is 3.75. The predicted molar refractivity (Wildman–Crippen MR) is 38.5 cm³/mol. The Morgan fingerprint density at radius 2 is 2.44 bits per heavy atom. The molecule has 2 rings (SSSR count). The number of thioether (sulfide) groups is 1. The lowest BCUT2D eigenvalue weighted by Gasteiger charge is -1.98. The van der Waals surface area contributed by atoms with E-state index in [0.29, 0.717) is 5.25 Å². The van der Waals surface area contributed by atoms with Gasteiger partial charge in [-0.15, -0.1) is 11.8 Å². The minimum atomic E-state index is -0.144. The van der Waals surface area contributed by atoms with Gasteiger partial charge in [-0.25, -0.2) is 0 Å². The van der Waals surface area contributed by atoms with Crippen LogP contribution in [0.1, 0.15) is 0 Å². The van der Waals surface area contributed by atoms with Gasteiger partial charge in [0.05, 0.1) is 0 Å². The fourth-order valence-corrected chi connectivity index (χ4v) is 1.98. The van der Waals surface area contributed by atoms with Crippen LogP contribution in [0.3, 0.4) is 0 Å². The maximum Gasteiger partial charge on any atom is 0.141 e. The minimum absolute atomic E-state index is 0.144. The molecule has 0 spiro atoms. The van der Waals surface area contributed by atoms with Gasteiger partial charge in [-0.1, -0.05) is 24.3 Å². The van der Waals surface area contributed by atoms with Gasteiger partial charge >= 0.3 is 0 Å². The van der Waals surface area contributed by atoms with Gasteiger partial charge in [0.15, 0.2) is 0 Å². The second-order valence-corrected chi connectivity index (χ2v) is 3.70. The maximum atomic E-state index is 10.4. The maximum absolute atomic E-state index is 10.4. The van der Waals surface area contributed by atoms with Gasteiger partial charge in [-0.05, 0) is 0 Å². The highest BCUT2D eigenvalue weighted by atomic mass is 32.2. The zero-order valence-electron chi connectivity index (χ0n) is 4.78. The second-order valence-electron chi connectivity index (χ2n) is 2.25. The molecule has 2 unspecified atom stereocenters. The van der Waals surface area contributed by atoms with Crippen LogP contribution >= 0.6 is 11.8 Å². The molecule has 0 aromatic heterocycles. The summed E-state index contributed by atoms with van der Waals surface area (Å²) in [6.07, 6.45) is 8.99. The zero-order valence-corrected chi connectivity index (χ0v) is 5.60. The van der Waals surface area contributed by atoms with Crippen LogP contribution in [0.2, 0.25) is 0 Å². The van der Waals surface area contributed by atoms with Crippen molar-refractivity contribution in [1.29, 1.82) is 0 Å². The summed E-state index contributed by atoms with van der Waals surface area (Å²) in [5, 5.41) is 0.444. The number of hydrogen-bond acceptors (Lipinski definition) is 2. The first-order chi connectivity index (χ1) is 4.37. The van der Waals surface area contributed by atoms with Crippen LogP contribution < -0.4 is 0 Å². The van der Waals surface area contributed by atoms with Crippen molar-refractivity contribution in [1.82, 2.24) is 0 Å². The van der Waals surface area contributed by atoms with E-state index in [2.05, 4.69) is 6.08 Å². The molecule has 1 nitrogen and oxygen atoms in total. The molecule has 0 saturated carbocycles. The summed E-state index contributed by atoms with van der Waals surface area (Å²) in [6.45, 7) is 0. The molecule has 1 heterocycles. The average Bonchev–Trinajstić information content (AvgIpc) is 2.62. The van der Waals surface area contributed by atoms with Crippen molar-refractivity contribution in [3.8, 4) is 0 Å². The fourth-order valence-electron chi connectivity index (χ4n) is 1.01. The number of hydrogen-bond donors (Lipinski definition) is 0. The number of fused-ring (bicyclic) bond motifs is 1. The number of rotatable bonds is 1. The molecule has 46 valence electrons. The van der Waals surface area contributed by atoms with Crippen LogP contribution in [0.15, 0.2) is 24.3 Å². The number of aldehydes is 1.